The van der Waals surface area contributed by atoms with Crippen molar-refractivity contribution in [1.82, 2.24) is 5.32 Å². The first-order chi connectivity index (χ1) is 13.1. The normalized spacial score (nSPS) is 13.3. The van der Waals surface area contributed by atoms with E-state index in [1.807, 2.05) is 49.4 Å². The maximum atomic E-state index is 12.9. The third-order valence-electron chi connectivity index (χ3n) is 4.37. The first-order valence-corrected chi connectivity index (χ1v) is 9.25. The number of carbonyl (C=O) groups is 1. The molecule has 0 aromatic heterocycles. The van der Waals surface area contributed by atoms with Crippen LogP contribution in [0.2, 0.25) is 0 Å². The molecule has 0 aliphatic heterocycles. The third-order valence-corrected chi connectivity index (χ3v) is 4.37. The maximum absolute atomic E-state index is 12.9. The molecular weight excluding hydrogens is 342 g/mol. The fourth-order valence-corrected chi connectivity index (χ4v) is 2.78. The number of aryl methyl sites for hydroxylation is 1. The molecule has 0 saturated heterocycles. The summed E-state index contributed by atoms with van der Waals surface area (Å²) in [6.07, 6.45) is -0.851. The van der Waals surface area contributed by atoms with Crippen LogP contribution in [-0.4, -0.2) is 56.5 Å². The lowest BCUT2D eigenvalue weighted by atomic mass is 9.97. The number of carbonyl (C=O) groups excluding carboxylic acids is 1. The van der Waals surface area contributed by atoms with Crippen molar-refractivity contribution in [2.45, 2.75) is 25.6 Å². The van der Waals surface area contributed by atoms with Crippen LogP contribution in [0.3, 0.4) is 0 Å². The van der Waals surface area contributed by atoms with Crippen LogP contribution in [0.4, 0.5) is 0 Å². The maximum Gasteiger partial charge on any atom is 0.191 e. The molecular formula is C22H29NO4. The molecule has 2 aromatic carbocycles. The summed E-state index contributed by atoms with van der Waals surface area (Å²) in [6, 6.07) is 17.1. The Morgan fingerprint density at radius 3 is 2.52 bits per heavy atom. The molecule has 0 heterocycles. The number of nitrogens with one attached hydrogen (secondary N) is 1. The first-order valence-electron chi connectivity index (χ1n) is 9.25. The quantitative estimate of drug-likeness (QED) is 0.443. The van der Waals surface area contributed by atoms with Crippen molar-refractivity contribution < 1.29 is 19.4 Å². The monoisotopic (exact) mass is 371 g/mol. The van der Waals surface area contributed by atoms with Crippen molar-refractivity contribution in [3.05, 3.63) is 71.3 Å². The second-order valence-corrected chi connectivity index (χ2v) is 6.53. The summed E-state index contributed by atoms with van der Waals surface area (Å²) < 4.78 is 10.8. The van der Waals surface area contributed by atoms with Gasteiger partial charge in [0.2, 0.25) is 0 Å². The Balaban J connectivity index is 2.01. The molecule has 0 aliphatic carbocycles. The van der Waals surface area contributed by atoms with E-state index >= 15 is 0 Å². The fraction of sp³-hybridized carbons (Fsp3) is 0.409. The van der Waals surface area contributed by atoms with Gasteiger partial charge in [0.15, 0.2) is 5.78 Å². The highest BCUT2D eigenvalue weighted by atomic mass is 16.5. The predicted octanol–water partition coefficient (Wildman–Crippen LogP) is 2.40. The van der Waals surface area contributed by atoms with Gasteiger partial charge in [-0.1, -0.05) is 54.6 Å². The molecule has 0 fully saturated rings. The molecule has 0 spiro atoms. The number of ketones is 1. The van der Waals surface area contributed by atoms with Crippen LogP contribution in [0, 0.1) is 6.92 Å². The average Bonchev–Trinajstić information content (AvgIpc) is 2.70. The number of hydrogen-bond acceptors (Lipinski definition) is 5. The molecule has 2 rings (SSSR count). The summed E-state index contributed by atoms with van der Waals surface area (Å²) >= 11 is 0. The molecule has 0 bridgehead atoms. The van der Waals surface area contributed by atoms with E-state index in [0.717, 1.165) is 11.1 Å². The Hall–Kier alpha value is -2.05. The number of Topliss-reactive ketones (excluding diaryl/α,β-unsaturated/α-hetero) is 1. The van der Waals surface area contributed by atoms with E-state index in [9.17, 15) is 9.90 Å². The number of rotatable bonds is 12. The largest absolute Gasteiger partial charge is 0.389 e. The zero-order valence-corrected chi connectivity index (χ0v) is 16.1. The summed E-state index contributed by atoms with van der Waals surface area (Å²) in [6.45, 7) is 3.74. The molecule has 5 nitrogen and oxygen atoms in total. The molecule has 2 unspecified atom stereocenters. The van der Waals surface area contributed by atoms with E-state index in [2.05, 4.69) is 5.32 Å². The van der Waals surface area contributed by atoms with Gasteiger partial charge in [-0.15, -0.1) is 0 Å². The van der Waals surface area contributed by atoms with Crippen molar-refractivity contribution in [3.63, 3.8) is 0 Å². The number of aliphatic hydroxyl groups is 1. The molecule has 2 atom stereocenters. The van der Waals surface area contributed by atoms with Crippen molar-refractivity contribution >= 4 is 5.78 Å². The predicted molar refractivity (Wildman–Crippen MR) is 106 cm³/mol. The number of hydrogen-bond donors (Lipinski definition) is 2. The SMILES string of the molecule is COCCNCC(O)COC(Cc1ccccc1C)C(=O)c1ccccc1. The van der Waals surface area contributed by atoms with Crippen molar-refractivity contribution in [2.24, 2.45) is 0 Å². The van der Waals surface area contributed by atoms with Gasteiger partial charge >= 0.3 is 0 Å². The zero-order valence-electron chi connectivity index (χ0n) is 16.1. The molecule has 0 aliphatic rings. The van der Waals surface area contributed by atoms with Crippen LogP contribution in [0.25, 0.3) is 0 Å². The second kappa shape index (κ2) is 11.6. The lowest BCUT2D eigenvalue weighted by Gasteiger charge is -2.20. The smallest absolute Gasteiger partial charge is 0.191 e. The number of ether oxygens (including phenoxy) is 2. The van der Waals surface area contributed by atoms with Gasteiger partial charge in [-0.05, 0) is 18.1 Å². The Kier molecular flexibility index (Phi) is 9.15. The molecule has 2 N–H and O–H groups in total. The van der Waals surface area contributed by atoms with Crippen LogP contribution in [0.5, 0.6) is 0 Å². The molecule has 5 heteroatoms. The van der Waals surface area contributed by atoms with E-state index in [1.165, 1.54) is 0 Å². The Morgan fingerprint density at radius 2 is 1.81 bits per heavy atom. The number of aliphatic hydroxyl groups excluding tert-OH is 1. The summed E-state index contributed by atoms with van der Waals surface area (Å²) in [5.74, 6) is -0.0709. The molecule has 0 saturated carbocycles. The molecule has 146 valence electrons. The van der Waals surface area contributed by atoms with Crippen molar-refractivity contribution in [3.8, 4) is 0 Å². The van der Waals surface area contributed by atoms with E-state index in [4.69, 9.17) is 9.47 Å². The van der Waals surface area contributed by atoms with Gasteiger partial charge in [0, 0.05) is 32.2 Å². The lowest BCUT2D eigenvalue weighted by molar-refractivity contribution is -0.00201. The highest BCUT2D eigenvalue weighted by Crippen LogP contribution is 2.15. The number of methoxy groups -OCH3 is 1. The fourth-order valence-electron chi connectivity index (χ4n) is 2.78. The van der Waals surface area contributed by atoms with Crippen LogP contribution in [-0.2, 0) is 15.9 Å². The van der Waals surface area contributed by atoms with Crippen molar-refractivity contribution in [1.29, 1.82) is 0 Å². The highest BCUT2D eigenvalue weighted by molar-refractivity contribution is 5.99. The minimum absolute atomic E-state index is 0.0709. The van der Waals surface area contributed by atoms with Crippen molar-refractivity contribution in [2.75, 3.05) is 33.4 Å². The summed E-state index contributed by atoms with van der Waals surface area (Å²) in [5.41, 5.74) is 2.80. The minimum Gasteiger partial charge on any atom is -0.389 e. The zero-order chi connectivity index (χ0) is 19.5. The standard InChI is InChI=1S/C22H29NO4/c1-17-8-6-7-11-19(17)14-21(22(25)18-9-4-3-5-10-18)27-16-20(24)15-23-12-13-26-2/h3-11,20-21,23-24H,12-16H2,1-2H3. The summed E-state index contributed by atoms with van der Waals surface area (Å²) in [5, 5.41) is 13.2. The highest BCUT2D eigenvalue weighted by Gasteiger charge is 2.23. The second-order valence-electron chi connectivity index (χ2n) is 6.53. The Labute approximate surface area is 161 Å². The summed E-state index contributed by atoms with van der Waals surface area (Å²) in [4.78, 5) is 12.9. The van der Waals surface area contributed by atoms with Gasteiger partial charge in [0.05, 0.1) is 19.3 Å². The lowest BCUT2D eigenvalue weighted by Crippen LogP contribution is -2.36. The van der Waals surface area contributed by atoms with Crippen LogP contribution >= 0.6 is 0 Å². The van der Waals surface area contributed by atoms with Gasteiger partial charge in [0.25, 0.3) is 0 Å². The van der Waals surface area contributed by atoms with E-state index in [1.54, 1.807) is 19.2 Å². The van der Waals surface area contributed by atoms with E-state index < -0.39 is 12.2 Å². The molecule has 0 radical (unpaired) electrons. The molecule has 2 aromatic rings. The van der Waals surface area contributed by atoms with E-state index in [0.29, 0.717) is 31.7 Å². The van der Waals surface area contributed by atoms with E-state index in [-0.39, 0.29) is 12.4 Å². The topological polar surface area (TPSA) is 67.8 Å². The van der Waals surface area contributed by atoms with Gasteiger partial charge in [-0.2, -0.15) is 0 Å². The molecule has 27 heavy (non-hydrogen) atoms. The third kappa shape index (κ3) is 7.23. The Bertz CT molecular complexity index is 690. The van der Waals surface area contributed by atoms with Gasteiger partial charge in [-0.3, -0.25) is 4.79 Å². The van der Waals surface area contributed by atoms with Gasteiger partial charge < -0.3 is 19.9 Å². The van der Waals surface area contributed by atoms with Crippen LogP contribution in [0.1, 0.15) is 21.5 Å². The Morgan fingerprint density at radius 1 is 1.11 bits per heavy atom. The van der Waals surface area contributed by atoms with Gasteiger partial charge in [0.1, 0.15) is 6.10 Å². The average molecular weight is 371 g/mol. The first kappa shape index (κ1) is 21.3. The number of benzene rings is 2. The van der Waals surface area contributed by atoms with Gasteiger partial charge in [-0.25, -0.2) is 0 Å². The van der Waals surface area contributed by atoms with Crippen LogP contribution in [0.15, 0.2) is 54.6 Å². The summed E-state index contributed by atoms with van der Waals surface area (Å²) in [7, 11) is 1.63. The van der Waals surface area contributed by atoms with Crippen LogP contribution < -0.4 is 5.32 Å². The molecule has 0 amide bonds. The minimum atomic E-state index is -0.690.